The van der Waals surface area contributed by atoms with Gasteiger partial charge in [0.2, 0.25) is 0 Å². The van der Waals surface area contributed by atoms with E-state index in [1.807, 2.05) is 18.2 Å². The summed E-state index contributed by atoms with van der Waals surface area (Å²) in [5.41, 5.74) is 0.305. The first-order valence-electron chi connectivity index (χ1n) is 8.71. The fourth-order valence-electron chi connectivity index (χ4n) is 2.89. The molecule has 3 aromatic carbocycles. The number of ether oxygens (including phenoxy) is 2. The van der Waals surface area contributed by atoms with E-state index in [0.29, 0.717) is 17.2 Å². The van der Waals surface area contributed by atoms with Crippen LogP contribution in [0.1, 0.15) is 17.3 Å². The molecule has 0 saturated carbocycles. The van der Waals surface area contributed by atoms with Crippen LogP contribution < -0.4 is 14.8 Å². The minimum atomic E-state index is -0.973. The number of amides is 1. The lowest BCUT2D eigenvalue weighted by Gasteiger charge is -2.17. The van der Waals surface area contributed by atoms with Crippen molar-refractivity contribution >= 4 is 34.3 Å². The third kappa shape index (κ3) is 4.16. The molecule has 148 valence electrons. The zero-order chi connectivity index (χ0) is 21.0. The second kappa shape index (κ2) is 8.39. The van der Waals surface area contributed by atoms with Gasteiger partial charge >= 0.3 is 0 Å². The summed E-state index contributed by atoms with van der Waals surface area (Å²) in [4.78, 5) is 34.6. The zero-order valence-electron chi connectivity index (χ0n) is 15.7. The number of nitrogens with zero attached hydrogens (tertiary/aromatic N) is 1. The molecule has 0 bridgehead atoms. The molecule has 3 rings (SSSR count). The lowest BCUT2D eigenvalue weighted by Crippen LogP contribution is -2.30. The number of non-ortho nitro benzene ring substituents is 1. The van der Waals surface area contributed by atoms with Crippen molar-refractivity contribution in [1.82, 2.24) is 0 Å². The molecule has 3 aromatic rings. The maximum absolute atomic E-state index is 12.6. The highest BCUT2D eigenvalue weighted by atomic mass is 16.6. The fourth-order valence-corrected chi connectivity index (χ4v) is 2.89. The molecule has 0 aliphatic carbocycles. The first-order valence-corrected chi connectivity index (χ1v) is 8.71. The van der Waals surface area contributed by atoms with Crippen LogP contribution in [0, 0.1) is 10.1 Å². The summed E-state index contributed by atoms with van der Waals surface area (Å²) in [7, 11) is 1.39. The van der Waals surface area contributed by atoms with Crippen molar-refractivity contribution in [2.24, 2.45) is 0 Å². The molecule has 0 aliphatic rings. The Morgan fingerprint density at radius 3 is 2.55 bits per heavy atom. The van der Waals surface area contributed by atoms with Gasteiger partial charge in [-0.15, -0.1) is 0 Å². The van der Waals surface area contributed by atoms with Gasteiger partial charge in [0.25, 0.3) is 11.6 Å². The van der Waals surface area contributed by atoms with Crippen LogP contribution in [0.25, 0.3) is 10.8 Å². The smallest absolute Gasteiger partial charge is 0.271 e. The third-order valence-corrected chi connectivity index (χ3v) is 4.37. The number of nitro benzene ring substituents is 1. The molecule has 8 heteroatoms. The number of nitrogens with one attached hydrogen (secondary N) is 1. The number of anilines is 1. The van der Waals surface area contributed by atoms with Crippen molar-refractivity contribution in [2.75, 3.05) is 12.4 Å². The molecule has 29 heavy (non-hydrogen) atoms. The Labute approximate surface area is 166 Å². The largest absolute Gasteiger partial charge is 0.495 e. The summed E-state index contributed by atoms with van der Waals surface area (Å²) in [5, 5.41) is 15.1. The second-order valence-electron chi connectivity index (χ2n) is 6.21. The monoisotopic (exact) mass is 394 g/mol. The van der Waals surface area contributed by atoms with Crippen LogP contribution in [-0.4, -0.2) is 30.3 Å². The van der Waals surface area contributed by atoms with Crippen molar-refractivity contribution in [1.29, 1.82) is 0 Å². The number of aldehydes is 1. The van der Waals surface area contributed by atoms with Crippen LogP contribution in [0.3, 0.4) is 0 Å². The van der Waals surface area contributed by atoms with Gasteiger partial charge < -0.3 is 14.8 Å². The zero-order valence-corrected chi connectivity index (χ0v) is 15.7. The molecule has 0 spiro atoms. The summed E-state index contributed by atoms with van der Waals surface area (Å²) in [6.07, 6.45) is -0.287. The van der Waals surface area contributed by atoms with Gasteiger partial charge in [-0.25, -0.2) is 0 Å². The molecule has 0 unspecified atom stereocenters. The number of carbonyl (C=O) groups is 2. The molecular weight excluding hydrogens is 376 g/mol. The average molecular weight is 394 g/mol. The standard InChI is InChI=1S/C21H18N2O6/c1-13(21(25)22-18-11-15(23(26)27)8-10-20(18)28-2)29-19-9-7-14-5-3-4-6-16(14)17(19)12-24/h3-13H,1-2H3,(H,22,25)/t13-/m0/s1. The summed E-state index contributed by atoms with van der Waals surface area (Å²) >= 11 is 0. The van der Waals surface area contributed by atoms with Crippen LogP contribution in [-0.2, 0) is 4.79 Å². The van der Waals surface area contributed by atoms with Crippen molar-refractivity contribution < 1.29 is 24.0 Å². The quantitative estimate of drug-likeness (QED) is 0.369. The van der Waals surface area contributed by atoms with Gasteiger partial charge in [-0.05, 0) is 29.8 Å². The number of hydrogen-bond acceptors (Lipinski definition) is 6. The minimum Gasteiger partial charge on any atom is -0.495 e. The Bertz CT molecular complexity index is 1100. The van der Waals surface area contributed by atoms with E-state index >= 15 is 0 Å². The third-order valence-electron chi connectivity index (χ3n) is 4.37. The van der Waals surface area contributed by atoms with Gasteiger partial charge in [0.05, 0.1) is 23.3 Å². The van der Waals surface area contributed by atoms with Gasteiger partial charge in [-0.2, -0.15) is 0 Å². The number of fused-ring (bicyclic) bond motifs is 1. The molecule has 0 heterocycles. The van der Waals surface area contributed by atoms with Crippen LogP contribution >= 0.6 is 0 Å². The number of rotatable bonds is 7. The van der Waals surface area contributed by atoms with E-state index in [0.717, 1.165) is 5.39 Å². The van der Waals surface area contributed by atoms with Crippen molar-refractivity contribution in [3.8, 4) is 11.5 Å². The lowest BCUT2D eigenvalue weighted by molar-refractivity contribution is -0.384. The Balaban J connectivity index is 1.83. The van der Waals surface area contributed by atoms with Crippen molar-refractivity contribution in [3.05, 3.63) is 70.3 Å². The van der Waals surface area contributed by atoms with Gasteiger partial charge in [0.1, 0.15) is 11.5 Å². The number of benzene rings is 3. The van der Waals surface area contributed by atoms with E-state index in [-0.39, 0.29) is 22.9 Å². The molecule has 1 atom stereocenters. The molecule has 0 aliphatic heterocycles. The normalized spacial score (nSPS) is 11.5. The molecule has 0 saturated heterocycles. The Morgan fingerprint density at radius 1 is 1.14 bits per heavy atom. The molecule has 8 nitrogen and oxygen atoms in total. The fraction of sp³-hybridized carbons (Fsp3) is 0.143. The summed E-state index contributed by atoms with van der Waals surface area (Å²) < 4.78 is 10.9. The Hall–Kier alpha value is -3.94. The maximum atomic E-state index is 12.6. The summed E-state index contributed by atoms with van der Waals surface area (Å²) in [6, 6.07) is 14.6. The molecular formula is C21H18N2O6. The predicted octanol–water partition coefficient (Wildman–Crippen LogP) is 3.98. The number of hydrogen-bond donors (Lipinski definition) is 1. The molecule has 0 fully saturated rings. The van der Waals surface area contributed by atoms with Gasteiger partial charge in [-0.1, -0.05) is 30.3 Å². The summed E-state index contributed by atoms with van der Waals surface area (Å²) in [5.74, 6) is -0.00315. The van der Waals surface area contributed by atoms with Crippen molar-refractivity contribution in [3.63, 3.8) is 0 Å². The van der Waals surface area contributed by atoms with E-state index in [9.17, 15) is 19.7 Å². The molecule has 0 aromatic heterocycles. The summed E-state index contributed by atoms with van der Waals surface area (Å²) in [6.45, 7) is 1.52. The highest BCUT2D eigenvalue weighted by Crippen LogP contribution is 2.30. The van der Waals surface area contributed by atoms with Gasteiger partial charge in [0.15, 0.2) is 12.4 Å². The number of nitro groups is 1. The molecule has 1 amide bonds. The SMILES string of the molecule is COc1ccc([N+](=O)[O-])cc1NC(=O)[C@H](C)Oc1ccc2ccccc2c1C=O. The predicted molar refractivity (Wildman–Crippen MR) is 108 cm³/mol. The first-order chi connectivity index (χ1) is 13.9. The Morgan fingerprint density at radius 2 is 1.86 bits per heavy atom. The van der Waals surface area contributed by atoms with E-state index in [4.69, 9.17) is 9.47 Å². The van der Waals surface area contributed by atoms with E-state index in [1.54, 1.807) is 18.2 Å². The topological polar surface area (TPSA) is 108 Å². The van der Waals surface area contributed by atoms with E-state index in [2.05, 4.69) is 5.32 Å². The number of carbonyl (C=O) groups excluding carboxylic acids is 2. The van der Waals surface area contributed by atoms with Crippen LogP contribution in [0.5, 0.6) is 11.5 Å². The average Bonchev–Trinajstić information content (AvgIpc) is 2.73. The van der Waals surface area contributed by atoms with Crippen LogP contribution in [0.4, 0.5) is 11.4 Å². The van der Waals surface area contributed by atoms with Crippen LogP contribution in [0.2, 0.25) is 0 Å². The highest BCUT2D eigenvalue weighted by molar-refractivity contribution is 6.01. The van der Waals surface area contributed by atoms with Crippen molar-refractivity contribution in [2.45, 2.75) is 13.0 Å². The maximum Gasteiger partial charge on any atom is 0.271 e. The second-order valence-corrected chi connectivity index (χ2v) is 6.21. The number of methoxy groups -OCH3 is 1. The minimum absolute atomic E-state index is 0.149. The van der Waals surface area contributed by atoms with Crippen LogP contribution in [0.15, 0.2) is 54.6 Å². The highest BCUT2D eigenvalue weighted by Gasteiger charge is 2.20. The lowest BCUT2D eigenvalue weighted by atomic mass is 10.0. The first kappa shape index (κ1) is 19.8. The van der Waals surface area contributed by atoms with Gasteiger partial charge in [0, 0.05) is 12.1 Å². The van der Waals surface area contributed by atoms with E-state index in [1.165, 1.54) is 32.2 Å². The van der Waals surface area contributed by atoms with Gasteiger partial charge in [-0.3, -0.25) is 19.7 Å². The molecule has 1 N–H and O–H groups in total. The Kier molecular flexibility index (Phi) is 5.73. The van der Waals surface area contributed by atoms with E-state index < -0.39 is 16.9 Å². The molecule has 0 radical (unpaired) electrons.